The fourth-order valence-electron chi connectivity index (χ4n) is 2.71. The van der Waals surface area contributed by atoms with Crippen LogP contribution in [0, 0.1) is 0 Å². The summed E-state index contributed by atoms with van der Waals surface area (Å²) in [6, 6.07) is 11.1. The number of pyridine rings is 1. The second-order valence-electron chi connectivity index (χ2n) is 5.58. The minimum atomic E-state index is -0.349. The summed E-state index contributed by atoms with van der Waals surface area (Å²) >= 11 is 6.11. The topological polar surface area (TPSA) is 57.9 Å². The van der Waals surface area contributed by atoms with E-state index in [2.05, 4.69) is 15.0 Å². The van der Waals surface area contributed by atoms with E-state index in [1.165, 1.54) is 0 Å². The van der Waals surface area contributed by atoms with Crippen LogP contribution in [0.4, 0.5) is 0 Å². The number of rotatable bonds is 1. The molecule has 1 aromatic carbocycles. The van der Waals surface area contributed by atoms with Crippen molar-refractivity contribution in [3.05, 3.63) is 88.9 Å². The number of aliphatic imine (C=N–C) groups is 2. The first kappa shape index (κ1) is 15.5. The second-order valence-corrected chi connectivity index (χ2v) is 6.02. The molecule has 0 fully saturated rings. The molecule has 122 valence electrons. The molecule has 0 N–H and O–H groups in total. The molecule has 0 unspecified atom stereocenters. The highest BCUT2D eigenvalue weighted by atomic mass is 35.5. The molecule has 0 atom stereocenters. The van der Waals surface area contributed by atoms with Gasteiger partial charge in [-0.3, -0.25) is 9.78 Å². The van der Waals surface area contributed by atoms with Crippen LogP contribution in [0.3, 0.4) is 0 Å². The molecule has 0 radical (unpaired) electrons. The van der Waals surface area contributed by atoms with Gasteiger partial charge in [0, 0.05) is 36.3 Å². The highest BCUT2D eigenvalue weighted by Gasteiger charge is 2.21. The number of benzene rings is 1. The molecule has 25 heavy (non-hydrogen) atoms. The van der Waals surface area contributed by atoms with Gasteiger partial charge in [-0.05, 0) is 29.8 Å². The summed E-state index contributed by atoms with van der Waals surface area (Å²) in [5, 5.41) is 0.629. The molecule has 0 saturated carbocycles. The lowest BCUT2D eigenvalue weighted by Crippen LogP contribution is -2.25. The zero-order chi connectivity index (χ0) is 17.2. The average molecular weight is 349 g/mol. The number of amides is 1. The summed E-state index contributed by atoms with van der Waals surface area (Å²) in [5.74, 6) is 0.742. The molecule has 0 spiro atoms. The third-order valence-electron chi connectivity index (χ3n) is 3.92. The molecular formula is C19H13ClN4O. The van der Waals surface area contributed by atoms with Crippen molar-refractivity contribution in [2.24, 2.45) is 9.98 Å². The van der Waals surface area contributed by atoms with Crippen molar-refractivity contribution >= 4 is 29.2 Å². The Morgan fingerprint density at radius 2 is 1.92 bits per heavy atom. The van der Waals surface area contributed by atoms with Crippen LogP contribution < -0.4 is 0 Å². The number of hydrogen-bond donors (Lipinski definition) is 0. The Labute approximate surface area is 149 Å². The Balaban J connectivity index is 1.82. The van der Waals surface area contributed by atoms with E-state index in [9.17, 15) is 4.79 Å². The molecule has 0 saturated heterocycles. The van der Waals surface area contributed by atoms with E-state index in [1.807, 2.05) is 41.4 Å². The van der Waals surface area contributed by atoms with E-state index in [-0.39, 0.29) is 5.91 Å². The maximum Gasteiger partial charge on any atom is 0.279 e. The molecule has 6 heteroatoms. The molecule has 5 nitrogen and oxygen atoms in total. The standard InChI is InChI=1S/C19H13ClN4O/c20-15-5-6-17-22-18(23-19(25)13-7-9-21-10-8-13)16-4-2-1-3-14(16)11-24(17)12-15/h1-10,12H,11H2. The SMILES string of the molecule is O=C(N=C1N=C2C=CC(Cl)=CN2Cc2ccccc21)c1ccncc1. The van der Waals surface area contributed by atoms with Crippen molar-refractivity contribution in [1.82, 2.24) is 9.88 Å². The van der Waals surface area contributed by atoms with E-state index in [0.717, 1.165) is 11.1 Å². The number of nitrogens with zero attached hydrogens (tertiary/aromatic N) is 4. The summed E-state index contributed by atoms with van der Waals surface area (Å²) in [7, 11) is 0. The number of fused-ring (bicyclic) bond motifs is 2. The van der Waals surface area contributed by atoms with E-state index in [0.29, 0.717) is 28.8 Å². The summed E-state index contributed by atoms with van der Waals surface area (Å²) in [4.78, 5) is 27.2. The normalized spacial score (nSPS) is 17.3. The molecule has 0 aliphatic carbocycles. The van der Waals surface area contributed by atoms with Gasteiger partial charge in [0.15, 0.2) is 5.84 Å². The number of amidine groups is 2. The lowest BCUT2D eigenvalue weighted by molar-refractivity contribution is 0.100. The lowest BCUT2D eigenvalue weighted by atomic mass is 10.1. The van der Waals surface area contributed by atoms with Crippen molar-refractivity contribution in [3.63, 3.8) is 0 Å². The molecule has 3 heterocycles. The predicted octanol–water partition coefficient (Wildman–Crippen LogP) is 3.53. The first-order valence-electron chi connectivity index (χ1n) is 7.73. The number of carbonyl (C=O) groups excluding carboxylic acids is 1. The molecule has 2 aliphatic heterocycles. The van der Waals surface area contributed by atoms with Gasteiger partial charge in [0.25, 0.3) is 5.91 Å². The van der Waals surface area contributed by atoms with Crippen molar-refractivity contribution in [2.75, 3.05) is 0 Å². The van der Waals surface area contributed by atoms with Gasteiger partial charge in [0.05, 0.1) is 5.03 Å². The molecular weight excluding hydrogens is 336 g/mol. The Morgan fingerprint density at radius 1 is 1.12 bits per heavy atom. The van der Waals surface area contributed by atoms with Gasteiger partial charge < -0.3 is 4.90 Å². The van der Waals surface area contributed by atoms with Crippen LogP contribution in [0.5, 0.6) is 0 Å². The van der Waals surface area contributed by atoms with Crippen LogP contribution in [-0.4, -0.2) is 27.5 Å². The van der Waals surface area contributed by atoms with Crippen molar-refractivity contribution in [1.29, 1.82) is 0 Å². The number of allylic oxidation sites excluding steroid dienone is 2. The maximum atomic E-state index is 12.5. The van der Waals surface area contributed by atoms with Gasteiger partial charge in [-0.1, -0.05) is 35.9 Å². The smallest absolute Gasteiger partial charge is 0.279 e. The zero-order valence-corrected chi connectivity index (χ0v) is 13.9. The van der Waals surface area contributed by atoms with Gasteiger partial charge in [0.1, 0.15) is 5.84 Å². The zero-order valence-electron chi connectivity index (χ0n) is 13.1. The number of halogens is 1. The van der Waals surface area contributed by atoms with E-state index >= 15 is 0 Å². The van der Waals surface area contributed by atoms with Gasteiger partial charge in [0.2, 0.25) is 0 Å². The molecule has 4 rings (SSSR count). The third kappa shape index (κ3) is 3.14. The Bertz CT molecular complexity index is 960. The van der Waals surface area contributed by atoms with Crippen molar-refractivity contribution < 1.29 is 4.79 Å². The quantitative estimate of drug-likeness (QED) is 0.792. The van der Waals surface area contributed by atoms with Gasteiger partial charge in [-0.15, -0.1) is 0 Å². The largest absolute Gasteiger partial charge is 0.327 e. The van der Waals surface area contributed by atoms with Crippen LogP contribution in [-0.2, 0) is 6.54 Å². The van der Waals surface area contributed by atoms with Crippen molar-refractivity contribution in [3.8, 4) is 0 Å². The van der Waals surface area contributed by atoms with Crippen LogP contribution in [0.15, 0.2) is 82.2 Å². The summed E-state index contributed by atoms with van der Waals surface area (Å²) in [6.45, 7) is 0.609. The second kappa shape index (κ2) is 6.45. The Kier molecular flexibility index (Phi) is 3.99. The molecule has 2 aromatic rings. The number of hydrogen-bond acceptors (Lipinski definition) is 3. The Morgan fingerprint density at radius 3 is 2.76 bits per heavy atom. The van der Waals surface area contributed by atoms with Crippen LogP contribution >= 0.6 is 11.6 Å². The van der Waals surface area contributed by atoms with Crippen LogP contribution in [0.2, 0.25) is 0 Å². The van der Waals surface area contributed by atoms with E-state index < -0.39 is 0 Å². The predicted molar refractivity (Wildman–Crippen MR) is 97.6 cm³/mol. The molecule has 1 amide bonds. The van der Waals surface area contributed by atoms with Gasteiger partial charge in [-0.2, -0.15) is 4.99 Å². The summed E-state index contributed by atoms with van der Waals surface area (Å²) < 4.78 is 0. The highest BCUT2D eigenvalue weighted by molar-refractivity contribution is 6.32. The number of carbonyl (C=O) groups is 1. The first-order valence-corrected chi connectivity index (χ1v) is 8.10. The fraction of sp³-hybridized carbons (Fsp3) is 0.0526. The minimum absolute atomic E-state index is 0.349. The highest BCUT2D eigenvalue weighted by Crippen LogP contribution is 2.23. The average Bonchev–Trinajstić information content (AvgIpc) is 2.79. The Hall–Kier alpha value is -3.05. The molecule has 2 aliphatic rings. The number of aromatic nitrogens is 1. The molecule has 1 aromatic heterocycles. The van der Waals surface area contributed by atoms with Crippen LogP contribution in [0.1, 0.15) is 21.5 Å². The minimum Gasteiger partial charge on any atom is -0.327 e. The van der Waals surface area contributed by atoms with E-state index in [1.54, 1.807) is 30.6 Å². The first-order chi connectivity index (χ1) is 12.2. The van der Waals surface area contributed by atoms with Crippen LogP contribution in [0.25, 0.3) is 0 Å². The lowest BCUT2D eigenvalue weighted by Gasteiger charge is -2.21. The maximum absolute atomic E-state index is 12.5. The van der Waals surface area contributed by atoms with Gasteiger partial charge >= 0.3 is 0 Å². The van der Waals surface area contributed by atoms with E-state index in [4.69, 9.17) is 11.6 Å². The molecule has 0 bridgehead atoms. The monoisotopic (exact) mass is 348 g/mol. The fourth-order valence-corrected chi connectivity index (χ4v) is 2.89. The van der Waals surface area contributed by atoms with Gasteiger partial charge in [-0.25, -0.2) is 4.99 Å². The summed E-state index contributed by atoms with van der Waals surface area (Å²) in [6.07, 6.45) is 8.55. The van der Waals surface area contributed by atoms with Crippen molar-refractivity contribution in [2.45, 2.75) is 6.54 Å². The third-order valence-corrected chi connectivity index (χ3v) is 4.14. The summed E-state index contributed by atoms with van der Waals surface area (Å²) in [5.41, 5.74) is 2.34.